The van der Waals surface area contributed by atoms with Crippen molar-refractivity contribution >= 4 is 59.0 Å². The Bertz CT molecular complexity index is 1420. The lowest BCUT2D eigenvalue weighted by Crippen LogP contribution is -2.53. The molecule has 41 heavy (non-hydrogen) atoms. The number of anilines is 1. The molecule has 3 heterocycles. The number of aromatic nitrogens is 3. The number of nitrogens with zero attached hydrogens (tertiary/aromatic N) is 4. The van der Waals surface area contributed by atoms with Crippen LogP contribution in [0.5, 0.6) is 5.88 Å². The Labute approximate surface area is 255 Å². The number of piperazine rings is 1. The van der Waals surface area contributed by atoms with Gasteiger partial charge in [-0.15, -0.1) is 29.9 Å². The van der Waals surface area contributed by atoms with Gasteiger partial charge < -0.3 is 30.5 Å². The molecular weight excluding hydrogens is 591 g/mol. The molecule has 13 heteroatoms. The number of aliphatic hydroxyl groups is 2. The summed E-state index contributed by atoms with van der Waals surface area (Å²) in [7, 11) is 0. The van der Waals surface area contributed by atoms with Crippen molar-refractivity contribution in [2.75, 3.05) is 44.3 Å². The minimum absolute atomic E-state index is 0. The maximum Gasteiger partial charge on any atom is 0.244 e. The van der Waals surface area contributed by atoms with Gasteiger partial charge in [0.25, 0.3) is 0 Å². The highest BCUT2D eigenvalue weighted by Crippen LogP contribution is 2.40. The van der Waals surface area contributed by atoms with Gasteiger partial charge in [-0.1, -0.05) is 54.1 Å². The zero-order chi connectivity index (χ0) is 27.4. The van der Waals surface area contributed by atoms with Gasteiger partial charge in [0, 0.05) is 43.0 Å². The lowest BCUT2D eigenvalue weighted by atomic mass is 10.0. The van der Waals surface area contributed by atoms with Gasteiger partial charge in [-0.25, -0.2) is 4.98 Å². The van der Waals surface area contributed by atoms with Crippen molar-refractivity contribution in [1.82, 2.24) is 20.1 Å². The topological polar surface area (TPSA) is 141 Å². The first-order valence-corrected chi connectivity index (χ1v) is 13.2. The summed E-state index contributed by atoms with van der Waals surface area (Å²) in [5, 5.41) is 27.5. The maximum atomic E-state index is 13.2. The third-order valence-corrected chi connectivity index (χ3v) is 7.08. The standard InChI is InChI=1S/C28H31ClN6O4.2ClH/c29-20-8-6-18(7-9-20)14-23(30)28(38)35-12-10-34(11-13-35)25-22(19-4-2-1-3-5-19)15-31-26-24(25)27(33-32-26)39-17-21(37)16-36;;/h1-9,15,21,23,36-37H,10-14,16-17,30H2,(H,31,32,33);2*1H/t21-,23+;;/m0../s1. The number of amides is 1. The first-order valence-electron chi connectivity index (χ1n) is 12.8. The van der Waals surface area contributed by atoms with E-state index in [0.29, 0.717) is 54.5 Å². The number of nitrogens with one attached hydrogen (secondary N) is 1. The van der Waals surface area contributed by atoms with Gasteiger partial charge in [-0.3, -0.25) is 9.89 Å². The molecule has 5 N–H and O–H groups in total. The van der Waals surface area contributed by atoms with Crippen LogP contribution in [-0.4, -0.2) is 87.7 Å². The predicted octanol–water partition coefficient (Wildman–Crippen LogP) is 3.07. The van der Waals surface area contributed by atoms with Crippen molar-refractivity contribution in [2.24, 2.45) is 5.73 Å². The summed E-state index contributed by atoms with van der Waals surface area (Å²) in [6.07, 6.45) is 1.21. The molecule has 220 valence electrons. The lowest BCUT2D eigenvalue weighted by Gasteiger charge is -2.38. The average molecular weight is 624 g/mol. The van der Waals surface area contributed by atoms with Crippen LogP contribution in [0, 0.1) is 0 Å². The smallest absolute Gasteiger partial charge is 0.244 e. The molecule has 0 saturated carbocycles. The molecule has 0 aliphatic carbocycles. The van der Waals surface area contributed by atoms with E-state index >= 15 is 0 Å². The fourth-order valence-corrected chi connectivity index (χ4v) is 4.91. The molecule has 1 saturated heterocycles. The van der Waals surface area contributed by atoms with E-state index in [4.69, 9.17) is 22.1 Å². The number of pyridine rings is 1. The van der Waals surface area contributed by atoms with Crippen LogP contribution in [0.15, 0.2) is 60.8 Å². The first-order chi connectivity index (χ1) is 18.9. The molecule has 4 aromatic rings. The van der Waals surface area contributed by atoms with E-state index in [9.17, 15) is 15.0 Å². The summed E-state index contributed by atoms with van der Waals surface area (Å²) >= 11 is 5.97. The number of aromatic amines is 1. The normalized spacial score (nSPS) is 14.6. The molecule has 10 nitrogen and oxygen atoms in total. The number of aliphatic hydroxyl groups excluding tert-OH is 2. The van der Waals surface area contributed by atoms with E-state index in [1.807, 2.05) is 47.4 Å². The highest BCUT2D eigenvalue weighted by molar-refractivity contribution is 6.30. The van der Waals surface area contributed by atoms with Crippen LogP contribution in [-0.2, 0) is 11.2 Å². The number of fused-ring (bicyclic) bond motifs is 1. The Morgan fingerprint density at radius 1 is 1.07 bits per heavy atom. The van der Waals surface area contributed by atoms with Gasteiger partial charge in [-0.05, 0) is 29.7 Å². The molecule has 0 radical (unpaired) electrons. The fraction of sp³-hybridized carbons (Fsp3) is 0.321. The van der Waals surface area contributed by atoms with E-state index in [0.717, 1.165) is 22.4 Å². The Morgan fingerprint density at radius 3 is 2.41 bits per heavy atom. The molecule has 1 amide bonds. The molecular formula is C28H33Cl3N6O4. The zero-order valence-corrected chi connectivity index (χ0v) is 24.5. The van der Waals surface area contributed by atoms with Crippen LogP contribution >= 0.6 is 36.4 Å². The quantitative estimate of drug-likeness (QED) is 0.223. The Kier molecular flexibility index (Phi) is 11.6. The molecule has 0 bridgehead atoms. The van der Waals surface area contributed by atoms with Crippen molar-refractivity contribution < 1.29 is 19.7 Å². The number of benzene rings is 2. The summed E-state index contributed by atoms with van der Waals surface area (Å²) < 4.78 is 5.78. The molecule has 2 aromatic heterocycles. The highest BCUT2D eigenvalue weighted by Gasteiger charge is 2.29. The Morgan fingerprint density at radius 2 is 1.76 bits per heavy atom. The number of halogens is 3. The third-order valence-electron chi connectivity index (χ3n) is 6.83. The number of hydrogen-bond acceptors (Lipinski definition) is 8. The Balaban J connectivity index is 0.00000231. The minimum atomic E-state index is -1.03. The van der Waals surface area contributed by atoms with E-state index in [1.165, 1.54) is 0 Å². The second-order valence-electron chi connectivity index (χ2n) is 9.54. The number of hydrogen-bond donors (Lipinski definition) is 4. The summed E-state index contributed by atoms with van der Waals surface area (Å²) in [6.45, 7) is 1.62. The average Bonchev–Trinajstić information content (AvgIpc) is 3.39. The summed E-state index contributed by atoms with van der Waals surface area (Å²) in [5.74, 6) is 0.208. The van der Waals surface area contributed by atoms with Gasteiger partial charge in [0.15, 0.2) is 5.65 Å². The van der Waals surface area contributed by atoms with Crippen LogP contribution in [0.4, 0.5) is 5.69 Å². The predicted molar refractivity (Wildman–Crippen MR) is 164 cm³/mol. The van der Waals surface area contributed by atoms with E-state index in [-0.39, 0.29) is 37.3 Å². The molecule has 0 unspecified atom stereocenters. The summed E-state index contributed by atoms with van der Waals surface area (Å²) in [6, 6.07) is 16.6. The SMILES string of the molecule is Cl.Cl.N[C@H](Cc1ccc(Cl)cc1)C(=O)N1CCN(c2c(-c3ccccc3)cnc3[nH]nc(OC[C@@H](O)CO)c23)CC1. The van der Waals surface area contributed by atoms with Crippen molar-refractivity contribution in [3.63, 3.8) is 0 Å². The number of ether oxygens (including phenoxy) is 1. The van der Waals surface area contributed by atoms with Crippen LogP contribution < -0.4 is 15.4 Å². The highest BCUT2D eigenvalue weighted by atomic mass is 35.5. The van der Waals surface area contributed by atoms with E-state index in [2.05, 4.69) is 20.1 Å². The number of H-pyrrole nitrogens is 1. The number of carbonyl (C=O) groups excluding carboxylic acids is 1. The minimum Gasteiger partial charge on any atom is -0.473 e. The number of nitrogens with two attached hydrogens (primary N) is 1. The van der Waals surface area contributed by atoms with Crippen molar-refractivity contribution in [2.45, 2.75) is 18.6 Å². The molecule has 2 atom stereocenters. The second-order valence-corrected chi connectivity index (χ2v) is 9.97. The summed E-state index contributed by atoms with van der Waals surface area (Å²) in [5.41, 5.74) is 10.6. The lowest BCUT2D eigenvalue weighted by molar-refractivity contribution is -0.132. The molecule has 1 aliphatic heterocycles. The van der Waals surface area contributed by atoms with Crippen molar-refractivity contribution in [3.05, 3.63) is 71.4 Å². The molecule has 1 aliphatic rings. The van der Waals surface area contributed by atoms with E-state index < -0.39 is 18.8 Å². The van der Waals surface area contributed by atoms with Crippen LogP contribution in [0.3, 0.4) is 0 Å². The largest absolute Gasteiger partial charge is 0.473 e. The fourth-order valence-electron chi connectivity index (χ4n) is 4.78. The zero-order valence-electron chi connectivity index (χ0n) is 22.1. The summed E-state index contributed by atoms with van der Waals surface area (Å²) in [4.78, 5) is 21.7. The van der Waals surface area contributed by atoms with Crippen LogP contribution in [0.25, 0.3) is 22.2 Å². The maximum absolute atomic E-state index is 13.2. The van der Waals surface area contributed by atoms with Crippen molar-refractivity contribution in [3.8, 4) is 17.0 Å². The van der Waals surface area contributed by atoms with E-state index in [1.54, 1.807) is 18.3 Å². The van der Waals surface area contributed by atoms with Gasteiger partial charge in [0.05, 0.1) is 18.3 Å². The number of carbonyl (C=O) groups is 1. The van der Waals surface area contributed by atoms with Gasteiger partial charge in [0.2, 0.25) is 11.8 Å². The van der Waals surface area contributed by atoms with Gasteiger partial charge >= 0.3 is 0 Å². The number of rotatable bonds is 9. The molecule has 5 rings (SSSR count). The second kappa shape index (κ2) is 14.7. The van der Waals surface area contributed by atoms with Gasteiger partial charge in [-0.2, -0.15) is 0 Å². The van der Waals surface area contributed by atoms with Crippen LogP contribution in [0.1, 0.15) is 5.56 Å². The van der Waals surface area contributed by atoms with Crippen molar-refractivity contribution in [1.29, 1.82) is 0 Å². The van der Waals surface area contributed by atoms with Gasteiger partial charge in [0.1, 0.15) is 18.1 Å². The third kappa shape index (κ3) is 7.40. The first kappa shape index (κ1) is 32.4. The molecule has 1 fully saturated rings. The molecule has 0 spiro atoms. The molecule has 2 aromatic carbocycles. The Hall–Kier alpha value is -3.12. The van der Waals surface area contributed by atoms with Crippen LogP contribution in [0.2, 0.25) is 5.02 Å². The monoisotopic (exact) mass is 622 g/mol.